The summed E-state index contributed by atoms with van der Waals surface area (Å²) in [6.45, 7) is 17.8. The van der Waals surface area contributed by atoms with Crippen LogP contribution in [0.25, 0.3) is 0 Å². The molecule has 2 heteroatoms. The zero-order valence-corrected chi connectivity index (χ0v) is 16.0. The van der Waals surface area contributed by atoms with Crippen LogP contribution in [0.1, 0.15) is 59.8 Å². The lowest BCUT2D eigenvalue weighted by molar-refractivity contribution is 0.231. The van der Waals surface area contributed by atoms with Crippen LogP contribution < -0.4 is 0 Å². The van der Waals surface area contributed by atoms with E-state index >= 15 is 0 Å². The molecule has 0 radical (unpaired) electrons. The van der Waals surface area contributed by atoms with E-state index in [4.69, 9.17) is 4.43 Å². The van der Waals surface area contributed by atoms with E-state index in [9.17, 15) is 0 Å². The molecule has 0 heterocycles. The SMILES string of the molecule is C=CC1=C[C@@H](O[Si](C)(C)C(C)(C)C)C/C1=C/CCCCC. The summed E-state index contributed by atoms with van der Waals surface area (Å²) in [5.74, 6) is 0. The highest BCUT2D eigenvalue weighted by Gasteiger charge is 2.39. The third-order valence-corrected chi connectivity index (χ3v) is 9.33. The Hall–Kier alpha value is -0.603. The van der Waals surface area contributed by atoms with Gasteiger partial charge in [-0.1, -0.05) is 59.3 Å². The highest BCUT2D eigenvalue weighted by molar-refractivity contribution is 6.74. The Morgan fingerprint density at radius 3 is 2.52 bits per heavy atom. The molecule has 0 aromatic heterocycles. The van der Waals surface area contributed by atoms with Gasteiger partial charge in [-0.2, -0.15) is 0 Å². The molecule has 1 aliphatic rings. The molecular weight excluding hydrogens is 272 g/mol. The second kappa shape index (κ2) is 7.60. The lowest BCUT2D eigenvalue weighted by atomic mass is 10.1. The first kappa shape index (κ1) is 18.4. The smallest absolute Gasteiger partial charge is 0.192 e. The Kier molecular flexibility index (Phi) is 6.67. The predicted molar refractivity (Wildman–Crippen MR) is 97.2 cm³/mol. The summed E-state index contributed by atoms with van der Waals surface area (Å²) in [6.07, 6.45) is 13.0. The number of rotatable bonds is 7. The number of unbranched alkanes of at least 4 members (excludes halogenated alkanes) is 3. The van der Waals surface area contributed by atoms with Crippen molar-refractivity contribution in [3.8, 4) is 0 Å². The van der Waals surface area contributed by atoms with Gasteiger partial charge in [0.25, 0.3) is 0 Å². The average molecular weight is 307 g/mol. The van der Waals surface area contributed by atoms with Crippen molar-refractivity contribution in [2.24, 2.45) is 0 Å². The van der Waals surface area contributed by atoms with E-state index in [2.05, 4.69) is 59.5 Å². The van der Waals surface area contributed by atoms with Crippen LogP contribution in [0, 0.1) is 0 Å². The Bertz CT molecular complexity index is 410. The molecule has 0 saturated carbocycles. The van der Waals surface area contributed by atoms with Gasteiger partial charge in [-0.05, 0) is 48.2 Å². The highest BCUT2D eigenvalue weighted by atomic mass is 28.4. The van der Waals surface area contributed by atoms with Gasteiger partial charge in [0.1, 0.15) is 0 Å². The summed E-state index contributed by atoms with van der Waals surface area (Å²) in [4.78, 5) is 0. The van der Waals surface area contributed by atoms with Gasteiger partial charge in [0.15, 0.2) is 8.32 Å². The van der Waals surface area contributed by atoms with E-state index in [1.54, 1.807) is 0 Å². The maximum atomic E-state index is 6.53. The molecule has 0 saturated heterocycles. The largest absolute Gasteiger partial charge is 0.410 e. The van der Waals surface area contributed by atoms with E-state index in [0.29, 0.717) is 0 Å². The van der Waals surface area contributed by atoms with Gasteiger partial charge in [-0.25, -0.2) is 0 Å². The Morgan fingerprint density at radius 1 is 1.33 bits per heavy atom. The normalized spacial score (nSPS) is 21.7. The molecule has 1 atom stereocenters. The minimum Gasteiger partial charge on any atom is -0.410 e. The van der Waals surface area contributed by atoms with Gasteiger partial charge in [0, 0.05) is 6.42 Å². The minimum atomic E-state index is -1.69. The summed E-state index contributed by atoms with van der Waals surface area (Å²) in [5.41, 5.74) is 2.72. The molecule has 0 fully saturated rings. The van der Waals surface area contributed by atoms with Gasteiger partial charge >= 0.3 is 0 Å². The number of hydrogen-bond donors (Lipinski definition) is 0. The monoisotopic (exact) mass is 306 g/mol. The molecule has 120 valence electrons. The van der Waals surface area contributed by atoms with Crippen LogP contribution in [0.2, 0.25) is 18.1 Å². The molecule has 1 nitrogen and oxygen atoms in total. The Labute approximate surface area is 133 Å². The van der Waals surface area contributed by atoms with Gasteiger partial charge in [0.2, 0.25) is 0 Å². The maximum Gasteiger partial charge on any atom is 0.192 e. The summed E-state index contributed by atoms with van der Waals surface area (Å²) in [7, 11) is -1.69. The first-order valence-corrected chi connectivity index (χ1v) is 11.3. The van der Waals surface area contributed by atoms with Gasteiger partial charge in [-0.15, -0.1) is 0 Å². The van der Waals surface area contributed by atoms with Crippen LogP contribution in [0.5, 0.6) is 0 Å². The molecule has 0 bridgehead atoms. The Balaban J connectivity index is 2.69. The van der Waals surface area contributed by atoms with Crippen molar-refractivity contribution >= 4 is 8.32 Å². The van der Waals surface area contributed by atoms with Gasteiger partial charge in [0.05, 0.1) is 6.10 Å². The van der Waals surface area contributed by atoms with E-state index in [1.807, 2.05) is 6.08 Å². The number of allylic oxidation sites excluding steroid dienone is 3. The van der Waals surface area contributed by atoms with Crippen LogP contribution >= 0.6 is 0 Å². The van der Waals surface area contributed by atoms with Crippen LogP contribution in [0.15, 0.2) is 36.0 Å². The molecule has 21 heavy (non-hydrogen) atoms. The molecule has 0 aromatic carbocycles. The maximum absolute atomic E-state index is 6.53. The van der Waals surface area contributed by atoms with Crippen molar-refractivity contribution in [2.75, 3.05) is 0 Å². The van der Waals surface area contributed by atoms with E-state index in [-0.39, 0.29) is 11.1 Å². The van der Waals surface area contributed by atoms with Crippen molar-refractivity contribution in [3.63, 3.8) is 0 Å². The summed E-state index contributed by atoms with van der Waals surface area (Å²) in [5, 5.41) is 0.267. The second-order valence-corrected chi connectivity index (χ2v) is 12.4. The lowest BCUT2D eigenvalue weighted by Crippen LogP contribution is -2.43. The molecule has 1 aliphatic carbocycles. The minimum absolute atomic E-state index is 0.247. The van der Waals surface area contributed by atoms with Crippen molar-refractivity contribution < 1.29 is 4.43 Å². The number of hydrogen-bond acceptors (Lipinski definition) is 1. The van der Waals surface area contributed by atoms with E-state index in [1.165, 1.54) is 36.8 Å². The topological polar surface area (TPSA) is 9.23 Å². The molecule has 1 rings (SSSR count). The first-order chi connectivity index (χ1) is 9.71. The van der Waals surface area contributed by atoms with Crippen LogP contribution in [-0.2, 0) is 4.43 Å². The van der Waals surface area contributed by atoms with Gasteiger partial charge in [-0.3, -0.25) is 0 Å². The van der Waals surface area contributed by atoms with Crippen molar-refractivity contribution in [1.82, 2.24) is 0 Å². The first-order valence-electron chi connectivity index (χ1n) is 8.42. The molecule has 0 aromatic rings. The second-order valence-electron chi connectivity index (χ2n) is 7.67. The fraction of sp³-hybridized carbons (Fsp3) is 0.684. The standard InChI is InChI=1S/C19H34OSi/c1-8-10-11-12-13-17-15-18(14-16(17)9-2)20-21(6,7)19(3,4)5/h9,13-14,18H,2,8,10-12,15H2,1,3-7H3/b17-13-/t18-/m1/s1. The quantitative estimate of drug-likeness (QED) is 0.390. The summed E-state index contributed by atoms with van der Waals surface area (Å²) in [6, 6.07) is 0. The third kappa shape index (κ3) is 5.26. The fourth-order valence-electron chi connectivity index (χ4n) is 2.40. The Morgan fingerprint density at radius 2 is 2.00 bits per heavy atom. The van der Waals surface area contributed by atoms with Crippen molar-refractivity contribution in [3.05, 3.63) is 36.0 Å². The lowest BCUT2D eigenvalue weighted by Gasteiger charge is -2.38. The van der Waals surface area contributed by atoms with E-state index in [0.717, 1.165) is 6.42 Å². The predicted octanol–water partition coefficient (Wildman–Crippen LogP) is 6.40. The molecule has 0 unspecified atom stereocenters. The fourth-order valence-corrected chi connectivity index (χ4v) is 3.66. The van der Waals surface area contributed by atoms with Crippen LogP contribution in [-0.4, -0.2) is 14.4 Å². The molecule has 0 aliphatic heterocycles. The molecule has 0 N–H and O–H groups in total. The zero-order chi connectivity index (χ0) is 16.1. The van der Waals surface area contributed by atoms with Crippen LogP contribution in [0.4, 0.5) is 0 Å². The summed E-state index contributed by atoms with van der Waals surface area (Å²) < 4.78 is 6.53. The van der Waals surface area contributed by atoms with Crippen LogP contribution in [0.3, 0.4) is 0 Å². The van der Waals surface area contributed by atoms with Crippen molar-refractivity contribution in [1.29, 1.82) is 0 Å². The molecular formula is C19H34OSi. The average Bonchev–Trinajstić information content (AvgIpc) is 2.74. The summed E-state index contributed by atoms with van der Waals surface area (Å²) >= 11 is 0. The zero-order valence-electron chi connectivity index (χ0n) is 15.0. The van der Waals surface area contributed by atoms with Crippen molar-refractivity contribution in [2.45, 2.75) is 84.0 Å². The van der Waals surface area contributed by atoms with Gasteiger partial charge < -0.3 is 4.43 Å². The third-order valence-electron chi connectivity index (χ3n) is 4.83. The van der Waals surface area contributed by atoms with E-state index < -0.39 is 8.32 Å². The molecule has 0 spiro atoms. The molecule has 0 amide bonds. The highest BCUT2D eigenvalue weighted by Crippen LogP contribution is 2.40.